The number of hydrogen-bond acceptors (Lipinski definition) is 4. The zero-order chi connectivity index (χ0) is 12.6. The van der Waals surface area contributed by atoms with Crippen LogP contribution in [0.5, 0.6) is 0 Å². The van der Waals surface area contributed by atoms with E-state index in [4.69, 9.17) is 4.42 Å². The van der Waals surface area contributed by atoms with E-state index < -0.39 is 0 Å². The highest BCUT2D eigenvalue weighted by Gasteiger charge is 2.20. The van der Waals surface area contributed by atoms with Crippen molar-refractivity contribution in [3.05, 3.63) is 34.8 Å². The van der Waals surface area contributed by atoms with E-state index in [0.29, 0.717) is 17.1 Å². The molecule has 0 aliphatic carbocycles. The molecule has 0 saturated carbocycles. The lowest BCUT2D eigenvalue weighted by Crippen LogP contribution is -2.10. The quantitative estimate of drug-likeness (QED) is 0.758. The molecule has 5 heteroatoms. The Morgan fingerprint density at radius 1 is 1.35 bits per heavy atom. The zero-order valence-corrected chi connectivity index (χ0v) is 10.4. The van der Waals surface area contributed by atoms with Gasteiger partial charge in [-0.25, -0.2) is 4.98 Å². The summed E-state index contributed by atoms with van der Waals surface area (Å²) < 4.78 is 7.06. The Kier molecular flexibility index (Phi) is 2.83. The Morgan fingerprint density at radius 2 is 2.06 bits per heavy atom. The van der Waals surface area contributed by atoms with Gasteiger partial charge in [0.25, 0.3) is 0 Å². The van der Waals surface area contributed by atoms with E-state index in [1.807, 2.05) is 20.8 Å². The summed E-state index contributed by atoms with van der Waals surface area (Å²) in [7, 11) is 1.77. The first kappa shape index (κ1) is 11.6. The lowest BCUT2D eigenvalue weighted by atomic mass is 10.0. The number of nitrogens with zero attached hydrogens (tertiary/aromatic N) is 3. The summed E-state index contributed by atoms with van der Waals surface area (Å²) in [5.74, 6) is 2.15. The van der Waals surface area contributed by atoms with Crippen LogP contribution in [0.1, 0.15) is 33.3 Å². The van der Waals surface area contributed by atoms with E-state index in [-0.39, 0.29) is 12.2 Å². The highest BCUT2D eigenvalue weighted by atomic mass is 16.3. The lowest BCUT2D eigenvalue weighted by molar-refractivity contribution is 0.0987. The first-order valence-corrected chi connectivity index (χ1v) is 5.43. The minimum atomic E-state index is 0.0213. The van der Waals surface area contributed by atoms with Crippen molar-refractivity contribution in [3.63, 3.8) is 0 Å². The summed E-state index contributed by atoms with van der Waals surface area (Å²) in [5, 5.41) is 3.94. The summed E-state index contributed by atoms with van der Waals surface area (Å²) >= 11 is 0. The minimum absolute atomic E-state index is 0.0213. The van der Waals surface area contributed by atoms with E-state index in [0.717, 1.165) is 11.3 Å². The van der Waals surface area contributed by atoms with Crippen molar-refractivity contribution in [3.8, 4) is 0 Å². The average Bonchev–Trinajstić information content (AvgIpc) is 2.74. The van der Waals surface area contributed by atoms with Gasteiger partial charge in [0.05, 0.1) is 12.0 Å². The second kappa shape index (κ2) is 4.16. The molecule has 0 aliphatic heterocycles. The number of aromatic nitrogens is 3. The molecule has 0 atom stereocenters. The third-order valence-corrected chi connectivity index (χ3v) is 2.96. The molecule has 5 nitrogen and oxygen atoms in total. The number of Topliss-reactive ketones (excluding diaryl/α,β-unsaturated/α-hetero) is 1. The monoisotopic (exact) mass is 233 g/mol. The molecule has 2 heterocycles. The Morgan fingerprint density at radius 3 is 2.53 bits per heavy atom. The van der Waals surface area contributed by atoms with Crippen molar-refractivity contribution in [1.29, 1.82) is 0 Å². The van der Waals surface area contributed by atoms with Crippen molar-refractivity contribution in [2.24, 2.45) is 7.05 Å². The maximum absolute atomic E-state index is 12.2. The fourth-order valence-electron chi connectivity index (χ4n) is 1.91. The van der Waals surface area contributed by atoms with Crippen LogP contribution in [-0.2, 0) is 13.5 Å². The van der Waals surface area contributed by atoms with Gasteiger partial charge in [0.2, 0.25) is 0 Å². The summed E-state index contributed by atoms with van der Waals surface area (Å²) in [6.07, 6.45) is 1.69. The molecule has 0 radical (unpaired) electrons. The van der Waals surface area contributed by atoms with Gasteiger partial charge in [-0.15, -0.1) is 0 Å². The maximum Gasteiger partial charge on any atom is 0.174 e. The smallest absolute Gasteiger partial charge is 0.174 e. The van der Waals surface area contributed by atoms with Crippen molar-refractivity contribution >= 4 is 5.78 Å². The summed E-state index contributed by atoms with van der Waals surface area (Å²) in [5.41, 5.74) is 1.58. The van der Waals surface area contributed by atoms with Crippen molar-refractivity contribution in [2.45, 2.75) is 27.2 Å². The van der Waals surface area contributed by atoms with Crippen LogP contribution in [0.4, 0.5) is 0 Å². The van der Waals surface area contributed by atoms with Gasteiger partial charge in [0, 0.05) is 12.6 Å². The van der Waals surface area contributed by atoms with Crippen molar-refractivity contribution < 1.29 is 9.21 Å². The fraction of sp³-hybridized carbons (Fsp3) is 0.417. The summed E-state index contributed by atoms with van der Waals surface area (Å²) in [6.45, 7) is 5.57. The molecule has 17 heavy (non-hydrogen) atoms. The van der Waals surface area contributed by atoms with Crippen LogP contribution >= 0.6 is 0 Å². The van der Waals surface area contributed by atoms with Gasteiger partial charge in [0.15, 0.2) is 5.78 Å². The molecule has 0 spiro atoms. The second-order valence-electron chi connectivity index (χ2n) is 4.11. The van der Waals surface area contributed by atoms with Crippen LogP contribution in [0, 0.1) is 20.8 Å². The molecule has 90 valence electrons. The van der Waals surface area contributed by atoms with Crippen LogP contribution < -0.4 is 0 Å². The molecule has 0 aromatic carbocycles. The van der Waals surface area contributed by atoms with Gasteiger partial charge < -0.3 is 4.42 Å². The van der Waals surface area contributed by atoms with E-state index >= 15 is 0 Å². The molecule has 0 saturated heterocycles. The number of carbonyl (C=O) groups excluding carboxylic acids is 1. The minimum Gasteiger partial charge on any atom is -0.466 e. The number of carbonyl (C=O) groups is 1. The Hall–Kier alpha value is -1.91. The summed E-state index contributed by atoms with van der Waals surface area (Å²) in [6, 6.07) is 0. The number of rotatable bonds is 3. The van der Waals surface area contributed by atoms with Crippen LogP contribution in [-0.4, -0.2) is 20.5 Å². The molecular formula is C12H15N3O2. The molecule has 0 N–H and O–H groups in total. The predicted molar refractivity (Wildman–Crippen MR) is 62.0 cm³/mol. The van der Waals surface area contributed by atoms with Crippen LogP contribution in [0.25, 0.3) is 0 Å². The van der Waals surface area contributed by atoms with Crippen LogP contribution in [0.15, 0.2) is 10.7 Å². The number of aryl methyl sites for hydroxylation is 3. The third-order valence-electron chi connectivity index (χ3n) is 2.96. The van der Waals surface area contributed by atoms with Crippen molar-refractivity contribution in [2.75, 3.05) is 0 Å². The first-order chi connectivity index (χ1) is 8.00. The van der Waals surface area contributed by atoms with Gasteiger partial charge in [-0.3, -0.25) is 9.48 Å². The Bertz CT molecular complexity index is 566. The van der Waals surface area contributed by atoms with E-state index in [9.17, 15) is 4.79 Å². The SMILES string of the molecule is Cc1oc(C)c(C(=O)Cc2ncnn2C)c1C. The summed E-state index contributed by atoms with van der Waals surface area (Å²) in [4.78, 5) is 16.2. The highest BCUT2D eigenvalue weighted by Crippen LogP contribution is 2.22. The molecule has 0 aliphatic rings. The lowest BCUT2D eigenvalue weighted by Gasteiger charge is -2.00. The maximum atomic E-state index is 12.2. The topological polar surface area (TPSA) is 60.9 Å². The highest BCUT2D eigenvalue weighted by molar-refractivity contribution is 5.99. The van der Waals surface area contributed by atoms with Gasteiger partial charge >= 0.3 is 0 Å². The fourth-order valence-corrected chi connectivity index (χ4v) is 1.91. The number of hydrogen-bond donors (Lipinski definition) is 0. The second-order valence-corrected chi connectivity index (χ2v) is 4.11. The molecule has 0 bridgehead atoms. The molecule has 2 rings (SSSR count). The normalized spacial score (nSPS) is 10.8. The molecular weight excluding hydrogens is 218 g/mol. The van der Waals surface area contributed by atoms with Gasteiger partial charge in [-0.05, 0) is 20.8 Å². The third kappa shape index (κ3) is 2.00. The van der Waals surface area contributed by atoms with Crippen LogP contribution in [0.2, 0.25) is 0 Å². The van der Waals surface area contributed by atoms with E-state index in [1.54, 1.807) is 11.7 Å². The van der Waals surface area contributed by atoms with Gasteiger partial charge in [-0.2, -0.15) is 5.10 Å². The molecule has 0 unspecified atom stereocenters. The molecule has 0 amide bonds. The number of ketones is 1. The Balaban J connectivity index is 2.29. The largest absolute Gasteiger partial charge is 0.466 e. The van der Waals surface area contributed by atoms with E-state index in [1.165, 1.54) is 6.33 Å². The molecule has 2 aromatic heterocycles. The molecule has 0 fully saturated rings. The molecule has 2 aromatic rings. The average molecular weight is 233 g/mol. The standard InChI is InChI=1S/C12H15N3O2/c1-7-8(2)17-9(3)12(7)10(16)5-11-13-6-14-15(11)4/h6H,5H2,1-4H3. The number of furan rings is 1. The van der Waals surface area contributed by atoms with E-state index in [2.05, 4.69) is 10.1 Å². The Labute approximate surface area is 99.5 Å². The van der Waals surface area contributed by atoms with Crippen molar-refractivity contribution in [1.82, 2.24) is 14.8 Å². The predicted octanol–water partition coefficient (Wildman–Crippen LogP) is 1.76. The first-order valence-electron chi connectivity index (χ1n) is 5.43. The zero-order valence-electron chi connectivity index (χ0n) is 10.4. The van der Waals surface area contributed by atoms with Gasteiger partial charge in [0.1, 0.15) is 23.7 Å². The van der Waals surface area contributed by atoms with Crippen LogP contribution in [0.3, 0.4) is 0 Å². The van der Waals surface area contributed by atoms with Gasteiger partial charge in [-0.1, -0.05) is 0 Å².